The van der Waals surface area contributed by atoms with E-state index in [0.717, 1.165) is 35.4 Å². The number of hydrogen-bond acceptors (Lipinski definition) is 1. The third kappa shape index (κ3) is 3.50. The Kier molecular flexibility index (Phi) is 4.74. The van der Waals surface area contributed by atoms with Gasteiger partial charge in [0.25, 0.3) is 0 Å². The molecule has 0 N–H and O–H groups in total. The summed E-state index contributed by atoms with van der Waals surface area (Å²) in [6.45, 7) is 0. The Morgan fingerprint density at radius 3 is 2.12 bits per heavy atom. The van der Waals surface area contributed by atoms with E-state index < -0.39 is 0 Å². The van der Waals surface area contributed by atoms with Crippen molar-refractivity contribution in [2.24, 2.45) is 0 Å². The first-order valence-corrected chi connectivity index (χ1v) is 8.99. The summed E-state index contributed by atoms with van der Waals surface area (Å²) in [5.74, 6) is 0. The summed E-state index contributed by atoms with van der Waals surface area (Å²) in [4.78, 5) is 2.23. The Morgan fingerprint density at radius 2 is 1.42 bits per heavy atom. The summed E-state index contributed by atoms with van der Waals surface area (Å²) in [5.41, 5.74) is 6.61. The highest BCUT2D eigenvalue weighted by Crippen LogP contribution is 2.34. The van der Waals surface area contributed by atoms with E-state index in [2.05, 4.69) is 77.7 Å². The van der Waals surface area contributed by atoms with Gasteiger partial charge >= 0.3 is 0 Å². The zero-order chi connectivity index (χ0) is 17.8. The van der Waals surface area contributed by atoms with Crippen molar-refractivity contribution in [2.75, 3.05) is 4.90 Å². The Bertz CT molecular complexity index is 939. The summed E-state index contributed by atoms with van der Waals surface area (Å²) in [6, 6.07) is 27.1. The predicted octanol–water partition coefficient (Wildman–Crippen LogP) is 5.68. The highest BCUT2D eigenvalue weighted by Gasteiger charge is 2.12. The average molecular weight is 333 g/mol. The Morgan fingerprint density at radius 1 is 0.692 bits per heavy atom. The molecule has 1 aliphatic rings. The monoisotopic (exact) mass is 333 g/mol. The molecule has 0 amide bonds. The van der Waals surface area contributed by atoms with Crippen LogP contribution >= 0.6 is 0 Å². The second kappa shape index (κ2) is 7.49. The van der Waals surface area contributed by atoms with Crippen molar-refractivity contribution >= 4 is 35.9 Å². The molecule has 0 saturated heterocycles. The lowest BCUT2D eigenvalue weighted by molar-refractivity contribution is 1.04. The maximum atomic E-state index is 6.03. The second-order valence-corrected chi connectivity index (χ2v) is 6.45. The first kappa shape index (κ1) is 16.5. The number of allylic oxidation sites excluding steroid dienone is 4. The van der Waals surface area contributed by atoms with Crippen LogP contribution in [0.15, 0.2) is 97.1 Å². The molecule has 1 nitrogen and oxygen atoms in total. The van der Waals surface area contributed by atoms with Crippen LogP contribution in [0, 0.1) is 0 Å². The van der Waals surface area contributed by atoms with E-state index in [4.69, 9.17) is 7.85 Å². The summed E-state index contributed by atoms with van der Waals surface area (Å²) < 4.78 is 0. The van der Waals surface area contributed by atoms with E-state index >= 15 is 0 Å². The van der Waals surface area contributed by atoms with Gasteiger partial charge in [0.05, 0.1) is 0 Å². The number of hydrogen-bond donors (Lipinski definition) is 0. The van der Waals surface area contributed by atoms with E-state index in [9.17, 15) is 0 Å². The third-order valence-electron chi connectivity index (χ3n) is 4.60. The summed E-state index contributed by atoms with van der Waals surface area (Å²) >= 11 is 0. The van der Waals surface area contributed by atoms with Crippen LogP contribution in [0.5, 0.6) is 0 Å². The highest BCUT2D eigenvalue weighted by molar-refractivity contribution is 6.32. The van der Waals surface area contributed by atoms with Gasteiger partial charge in [-0.15, -0.1) is 0 Å². The van der Waals surface area contributed by atoms with Gasteiger partial charge in [-0.1, -0.05) is 66.2 Å². The summed E-state index contributed by atoms with van der Waals surface area (Å²) in [7, 11) is 6.03. The Hall–Kier alpha value is -3.00. The van der Waals surface area contributed by atoms with Crippen LogP contribution in [0.2, 0.25) is 0 Å². The lowest BCUT2D eigenvalue weighted by atomic mass is 9.95. The minimum Gasteiger partial charge on any atom is -0.311 e. The molecule has 0 fully saturated rings. The second-order valence-electron chi connectivity index (χ2n) is 6.45. The minimum atomic E-state index is 0.762. The van der Waals surface area contributed by atoms with Crippen LogP contribution in [0.4, 0.5) is 17.1 Å². The van der Waals surface area contributed by atoms with Crippen LogP contribution < -0.4 is 10.4 Å². The fourth-order valence-corrected chi connectivity index (χ4v) is 3.32. The molecule has 0 aliphatic heterocycles. The normalized spacial score (nSPS) is 13.3. The minimum absolute atomic E-state index is 0.762. The smallest absolute Gasteiger partial charge is 0.113 e. The first-order chi connectivity index (χ1) is 12.8. The van der Waals surface area contributed by atoms with Crippen LogP contribution in [-0.4, -0.2) is 7.85 Å². The van der Waals surface area contributed by atoms with Gasteiger partial charge in [-0.25, -0.2) is 0 Å². The van der Waals surface area contributed by atoms with E-state index in [0.29, 0.717) is 0 Å². The Balaban J connectivity index is 1.74. The molecule has 0 spiro atoms. The number of rotatable bonds is 4. The van der Waals surface area contributed by atoms with Gasteiger partial charge in [-0.2, -0.15) is 0 Å². The molecule has 0 atom stereocenters. The van der Waals surface area contributed by atoms with Gasteiger partial charge in [-0.05, 0) is 60.4 Å². The first-order valence-electron chi connectivity index (χ1n) is 8.99. The summed E-state index contributed by atoms with van der Waals surface area (Å²) in [6.07, 6.45) is 9.02. The lowest BCUT2D eigenvalue weighted by Gasteiger charge is -2.26. The van der Waals surface area contributed by atoms with Gasteiger partial charge in [0.1, 0.15) is 7.85 Å². The van der Waals surface area contributed by atoms with Gasteiger partial charge in [0.15, 0.2) is 0 Å². The van der Waals surface area contributed by atoms with Crippen LogP contribution in [0.1, 0.15) is 18.4 Å². The van der Waals surface area contributed by atoms with Crippen molar-refractivity contribution in [3.05, 3.63) is 103 Å². The van der Waals surface area contributed by atoms with Crippen LogP contribution in [0.25, 0.3) is 5.57 Å². The lowest BCUT2D eigenvalue weighted by Crippen LogP contribution is -2.12. The molecule has 1 aliphatic carbocycles. The van der Waals surface area contributed by atoms with Crippen molar-refractivity contribution in [2.45, 2.75) is 12.8 Å². The average Bonchev–Trinajstić information content (AvgIpc) is 2.70. The number of para-hydroxylation sites is 1. The molecule has 0 saturated carbocycles. The van der Waals surface area contributed by atoms with Gasteiger partial charge in [0, 0.05) is 17.1 Å². The largest absolute Gasteiger partial charge is 0.311 e. The third-order valence-corrected chi connectivity index (χ3v) is 4.60. The standard InChI is InChI=1S/C24H20BN/c25-21-10-7-13-24(18-21)26(22-11-5-2-6-12-22)23-16-14-20(15-17-23)19-8-3-1-4-9-19/h2-3,5-18H,1,4H2. The maximum absolute atomic E-state index is 6.03. The van der Waals surface area contributed by atoms with Crippen molar-refractivity contribution in [1.82, 2.24) is 0 Å². The number of nitrogens with zero attached hydrogens (tertiary/aromatic N) is 1. The molecule has 26 heavy (non-hydrogen) atoms. The fourth-order valence-electron chi connectivity index (χ4n) is 3.32. The number of benzene rings is 3. The van der Waals surface area contributed by atoms with Gasteiger partial charge in [-0.3, -0.25) is 0 Å². The molecule has 4 rings (SSSR count). The molecular formula is C24H20BN. The Labute approximate surface area is 156 Å². The van der Waals surface area contributed by atoms with Gasteiger partial charge in [0.2, 0.25) is 0 Å². The predicted molar refractivity (Wildman–Crippen MR) is 113 cm³/mol. The molecular weight excluding hydrogens is 313 g/mol. The molecule has 2 heteroatoms. The SMILES string of the molecule is [B]c1cccc(N(c2ccccc2)c2ccc(C3=CCCC=C3)cc2)c1. The van der Waals surface area contributed by atoms with Crippen LogP contribution in [0.3, 0.4) is 0 Å². The molecule has 0 unspecified atom stereocenters. The van der Waals surface area contributed by atoms with Crippen molar-refractivity contribution in [1.29, 1.82) is 0 Å². The van der Waals surface area contributed by atoms with Gasteiger partial charge < -0.3 is 4.90 Å². The van der Waals surface area contributed by atoms with E-state index in [1.807, 2.05) is 24.3 Å². The van der Waals surface area contributed by atoms with Crippen LogP contribution in [-0.2, 0) is 0 Å². The molecule has 0 aromatic heterocycles. The zero-order valence-corrected chi connectivity index (χ0v) is 14.7. The van der Waals surface area contributed by atoms with E-state index in [1.54, 1.807) is 0 Å². The summed E-state index contributed by atoms with van der Waals surface area (Å²) in [5, 5.41) is 0. The molecule has 0 heterocycles. The zero-order valence-electron chi connectivity index (χ0n) is 14.7. The molecule has 3 aromatic rings. The van der Waals surface area contributed by atoms with Crippen molar-refractivity contribution in [3.8, 4) is 0 Å². The molecule has 3 aromatic carbocycles. The molecule has 0 bridgehead atoms. The number of anilines is 3. The highest BCUT2D eigenvalue weighted by atomic mass is 15.1. The molecule has 2 radical (unpaired) electrons. The fraction of sp³-hybridized carbons (Fsp3) is 0.0833. The van der Waals surface area contributed by atoms with Crippen molar-refractivity contribution < 1.29 is 0 Å². The topological polar surface area (TPSA) is 3.24 Å². The van der Waals surface area contributed by atoms with Crippen molar-refractivity contribution in [3.63, 3.8) is 0 Å². The molecule has 124 valence electrons. The van der Waals surface area contributed by atoms with E-state index in [-0.39, 0.29) is 0 Å². The quantitative estimate of drug-likeness (QED) is 0.555. The maximum Gasteiger partial charge on any atom is 0.113 e. The van der Waals surface area contributed by atoms with E-state index in [1.165, 1.54) is 11.1 Å².